The number of hydrogen-bond donors (Lipinski definition) is 1. The van der Waals surface area contributed by atoms with Gasteiger partial charge in [0.05, 0.1) is 4.47 Å². The lowest BCUT2D eigenvalue weighted by Crippen LogP contribution is -2.21. The zero-order valence-electron chi connectivity index (χ0n) is 12.2. The molecule has 2 aromatic carbocycles. The topological polar surface area (TPSA) is 35.2 Å². The van der Waals surface area contributed by atoms with Crippen LogP contribution in [-0.4, -0.2) is 6.04 Å². The average molecular weight is 413 g/mol. The molecule has 4 heteroatoms. The van der Waals surface area contributed by atoms with Crippen LogP contribution in [0.5, 0.6) is 11.5 Å². The fourth-order valence-corrected chi connectivity index (χ4v) is 2.85. The van der Waals surface area contributed by atoms with E-state index in [0.717, 1.165) is 38.8 Å². The number of halogens is 2. The number of ether oxygens (including phenoxy) is 1. The second-order valence-electron chi connectivity index (χ2n) is 5.15. The number of rotatable bonds is 5. The molecule has 21 heavy (non-hydrogen) atoms. The van der Waals surface area contributed by atoms with E-state index < -0.39 is 0 Å². The van der Waals surface area contributed by atoms with Gasteiger partial charge in [0.2, 0.25) is 0 Å². The molecular formula is C17H19Br2NO. The molecule has 0 radical (unpaired) electrons. The van der Waals surface area contributed by atoms with Crippen molar-refractivity contribution in [2.75, 3.05) is 0 Å². The summed E-state index contributed by atoms with van der Waals surface area (Å²) < 4.78 is 7.95. The molecular weight excluding hydrogens is 394 g/mol. The van der Waals surface area contributed by atoms with Crippen molar-refractivity contribution in [3.63, 3.8) is 0 Å². The van der Waals surface area contributed by atoms with Gasteiger partial charge in [-0.2, -0.15) is 0 Å². The zero-order chi connectivity index (χ0) is 15.4. The van der Waals surface area contributed by atoms with E-state index in [2.05, 4.69) is 50.9 Å². The van der Waals surface area contributed by atoms with Gasteiger partial charge in [0.25, 0.3) is 0 Å². The Bertz CT molecular complexity index is 628. The average Bonchev–Trinajstić information content (AvgIpc) is 2.45. The van der Waals surface area contributed by atoms with Crippen LogP contribution in [0.3, 0.4) is 0 Å². The van der Waals surface area contributed by atoms with Crippen molar-refractivity contribution in [2.45, 2.75) is 32.7 Å². The maximum absolute atomic E-state index is 6.00. The molecule has 0 aliphatic carbocycles. The molecule has 0 fully saturated rings. The first kappa shape index (κ1) is 16.5. The normalized spacial score (nSPS) is 12.2. The fourth-order valence-electron chi connectivity index (χ4n) is 2.00. The molecule has 2 rings (SSSR count). The van der Waals surface area contributed by atoms with E-state index in [0.29, 0.717) is 0 Å². The molecule has 2 nitrogen and oxygen atoms in total. The summed E-state index contributed by atoms with van der Waals surface area (Å²) in [4.78, 5) is 0. The van der Waals surface area contributed by atoms with Crippen molar-refractivity contribution in [3.8, 4) is 11.5 Å². The Morgan fingerprint density at radius 2 is 1.86 bits per heavy atom. The standard InChI is InChI=1S/C17H19Br2NO/c1-3-14(20)8-12-5-7-16(15(19)9-12)21-17-10-13(18)6-4-11(17)2/h4-7,9-10,14H,3,8,20H2,1-2H3. The molecule has 0 aromatic heterocycles. The first-order valence-corrected chi connectivity index (χ1v) is 8.56. The zero-order valence-corrected chi connectivity index (χ0v) is 15.4. The van der Waals surface area contributed by atoms with Crippen LogP contribution in [0.15, 0.2) is 45.3 Å². The third kappa shape index (κ3) is 4.56. The maximum Gasteiger partial charge on any atom is 0.141 e. The minimum atomic E-state index is 0.205. The smallest absolute Gasteiger partial charge is 0.141 e. The molecule has 2 aromatic rings. The third-order valence-electron chi connectivity index (χ3n) is 3.39. The summed E-state index contributed by atoms with van der Waals surface area (Å²) in [7, 11) is 0. The van der Waals surface area contributed by atoms with Gasteiger partial charge >= 0.3 is 0 Å². The number of nitrogens with two attached hydrogens (primary N) is 1. The molecule has 0 aliphatic rings. The Balaban J connectivity index is 2.19. The van der Waals surface area contributed by atoms with E-state index in [-0.39, 0.29) is 6.04 Å². The summed E-state index contributed by atoms with van der Waals surface area (Å²) in [5.74, 6) is 1.66. The van der Waals surface area contributed by atoms with Crippen LogP contribution in [0.1, 0.15) is 24.5 Å². The number of aryl methyl sites for hydroxylation is 1. The van der Waals surface area contributed by atoms with Crippen LogP contribution in [0.25, 0.3) is 0 Å². The number of hydrogen-bond acceptors (Lipinski definition) is 2. The van der Waals surface area contributed by atoms with Crippen molar-refractivity contribution in [1.29, 1.82) is 0 Å². The highest BCUT2D eigenvalue weighted by Gasteiger charge is 2.08. The van der Waals surface area contributed by atoms with Gasteiger partial charge < -0.3 is 10.5 Å². The first-order chi connectivity index (χ1) is 9.99. The van der Waals surface area contributed by atoms with Gasteiger partial charge in [-0.15, -0.1) is 0 Å². The molecule has 0 saturated heterocycles. The van der Waals surface area contributed by atoms with Gasteiger partial charge in [-0.25, -0.2) is 0 Å². The Morgan fingerprint density at radius 1 is 1.10 bits per heavy atom. The Kier molecular flexibility index (Phi) is 5.85. The van der Waals surface area contributed by atoms with Crippen molar-refractivity contribution in [3.05, 3.63) is 56.5 Å². The van der Waals surface area contributed by atoms with E-state index in [9.17, 15) is 0 Å². The minimum Gasteiger partial charge on any atom is -0.456 e. The predicted molar refractivity (Wildman–Crippen MR) is 95.1 cm³/mol. The Hall–Kier alpha value is -0.840. The summed E-state index contributed by atoms with van der Waals surface area (Å²) in [5, 5.41) is 0. The Morgan fingerprint density at radius 3 is 2.52 bits per heavy atom. The van der Waals surface area contributed by atoms with Gasteiger partial charge in [0.15, 0.2) is 0 Å². The molecule has 0 amide bonds. The van der Waals surface area contributed by atoms with Gasteiger partial charge in [-0.3, -0.25) is 0 Å². The molecule has 0 bridgehead atoms. The van der Waals surface area contributed by atoms with E-state index in [1.54, 1.807) is 0 Å². The fraction of sp³-hybridized carbons (Fsp3) is 0.294. The highest BCUT2D eigenvalue weighted by Crippen LogP contribution is 2.33. The van der Waals surface area contributed by atoms with Crippen LogP contribution in [-0.2, 0) is 6.42 Å². The molecule has 1 unspecified atom stereocenters. The second-order valence-corrected chi connectivity index (χ2v) is 6.92. The first-order valence-electron chi connectivity index (χ1n) is 6.97. The van der Waals surface area contributed by atoms with Crippen molar-refractivity contribution < 1.29 is 4.74 Å². The SMILES string of the molecule is CCC(N)Cc1ccc(Oc2cc(Br)ccc2C)c(Br)c1. The van der Waals surface area contributed by atoms with Crippen LogP contribution in [0.4, 0.5) is 0 Å². The molecule has 0 aliphatic heterocycles. The summed E-state index contributed by atoms with van der Waals surface area (Å²) >= 11 is 7.05. The lowest BCUT2D eigenvalue weighted by Gasteiger charge is -2.13. The maximum atomic E-state index is 6.00. The molecule has 112 valence electrons. The van der Waals surface area contributed by atoms with Crippen LogP contribution in [0.2, 0.25) is 0 Å². The third-order valence-corrected chi connectivity index (χ3v) is 4.50. The van der Waals surface area contributed by atoms with Gasteiger partial charge in [0.1, 0.15) is 11.5 Å². The quantitative estimate of drug-likeness (QED) is 0.694. The van der Waals surface area contributed by atoms with Crippen molar-refractivity contribution >= 4 is 31.9 Å². The van der Waals surface area contributed by atoms with Crippen molar-refractivity contribution in [2.24, 2.45) is 5.73 Å². The highest BCUT2D eigenvalue weighted by molar-refractivity contribution is 9.10. The van der Waals surface area contributed by atoms with Gasteiger partial charge in [0, 0.05) is 10.5 Å². The summed E-state index contributed by atoms with van der Waals surface area (Å²) in [6, 6.07) is 12.4. The monoisotopic (exact) mass is 411 g/mol. The number of benzene rings is 2. The molecule has 0 saturated carbocycles. The van der Waals surface area contributed by atoms with Crippen LogP contribution < -0.4 is 10.5 Å². The Labute approximate surface area is 143 Å². The van der Waals surface area contributed by atoms with E-state index >= 15 is 0 Å². The minimum absolute atomic E-state index is 0.205. The van der Waals surface area contributed by atoms with E-state index in [1.165, 1.54) is 5.56 Å². The van der Waals surface area contributed by atoms with Gasteiger partial charge in [-0.1, -0.05) is 35.0 Å². The lowest BCUT2D eigenvalue weighted by atomic mass is 10.0. The summed E-state index contributed by atoms with van der Waals surface area (Å²) in [5.41, 5.74) is 8.32. The van der Waals surface area contributed by atoms with Crippen molar-refractivity contribution in [1.82, 2.24) is 0 Å². The van der Waals surface area contributed by atoms with Crippen LogP contribution in [0, 0.1) is 6.92 Å². The second kappa shape index (κ2) is 7.43. The lowest BCUT2D eigenvalue weighted by molar-refractivity contribution is 0.475. The highest BCUT2D eigenvalue weighted by atomic mass is 79.9. The van der Waals surface area contributed by atoms with E-state index in [4.69, 9.17) is 10.5 Å². The van der Waals surface area contributed by atoms with E-state index in [1.807, 2.05) is 31.2 Å². The molecule has 2 N–H and O–H groups in total. The summed E-state index contributed by atoms with van der Waals surface area (Å²) in [6.45, 7) is 4.14. The molecule has 0 heterocycles. The predicted octanol–water partition coefficient (Wildman–Crippen LogP) is 5.59. The largest absolute Gasteiger partial charge is 0.456 e. The van der Waals surface area contributed by atoms with Gasteiger partial charge in [-0.05, 0) is 71.1 Å². The molecule has 1 atom stereocenters. The summed E-state index contributed by atoms with van der Waals surface area (Å²) in [6.07, 6.45) is 1.86. The molecule has 0 spiro atoms. The van der Waals surface area contributed by atoms with Crippen LogP contribution >= 0.6 is 31.9 Å².